The van der Waals surface area contributed by atoms with Crippen LogP contribution in [0, 0.1) is 0 Å². The molecule has 0 aliphatic rings. The van der Waals surface area contributed by atoms with E-state index in [1.54, 1.807) is 39.8 Å². The summed E-state index contributed by atoms with van der Waals surface area (Å²) in [4.78, 5) is 34.4. The van der Waals surface area contributed by atoms with Crippen LogP contribution < -0.4 is 10.3 Å². The molecule has 0 aliphatic heterocycles. The minimum atomic E-state index is -0.525. The van der Waals surface area contributed by atoms with Crippen molar-refractivity contribution in [2.45, 2.75) is 32.7 Å². The Hall–Kier alpha value is -4.42. The van der Waals surface area contributed by atoms with Crippen LogP contribution in [-0.4, -0.2) is 33.5 Å². The largest absolute Gasteiger partial charge is 0.484 e. The van der Waals surface area contributed by atoms with Crippen molar-refractivity contribution in [3.63, 3.8) is 0 Å². The fraction of sp³-hybridized carbons (Fsp3) is 0.206. The Bertz CT molecular complexity index is 1680. The van der Waals surface area contributed by atoms with Crippen molar-refractivity contribution < 1.29 is 9.53 Å². The van der Waals surface area contributed by atoms with Gasteiger partial charge in [0.1, 0.15) is 11.6 Å². The topological polar surface area (TPSA) is 64.4 Å². The maximum Gasteiger partial charge on any atom is 0.266 e. The third-order valence-corrected chi connectivity index (χ3v) is 7.48. The Labute approximate surface area is 244 Å². The van der Waals surface area contributed by atoms with E-state index >= 15 is 0 Å². The zero-order valence-corrected chi connectivity index (χ0v) is 23.9. The Balaban J connectivity index is 1.54. The maximum absolute atomic E-state index is 13.9. The molecule has 0 spiro atoms. The molecule has 1 heterocycles. The molecule has 0 N–H and O–H groups in total. The highest BCUT2D eigenvalue weighted by molar-refractivity contribution is 6.30. The van der Waals surface area contributed by atoms with Crippen LogP contribution in [0.3, 0.4) is 0 Å². The summed E-state index contributed by atoms with van der Waals surface area (Å²) in [5.74, 6) is 0.833. The third kappa shape index (κ3) is 6.50. The number of benzene rings is 4. The van der Waals surface area contributed by atoms with E-state index in [9.17, 15) is 9.59 Å². The van der Waals surface area contributed by atoms with Crippen LogP contribution in [0.1, 0.15) is 36.8 Å². The summed E-state index contributed by atoms with van der Waals surface area (Å²) >= 11 is 6.00. The number of carbonyl (C=O) groups is 1. The first-order chi connectivity index (χ1) is 19.9. The summed E-state index contributed by atoms with van der Waals surface area (Å²) in [6.45, 7) is 4.27. The number of aryl methyl sites for hydroxylation is 1. The number of halogens is 1. The molecule has 0 saturated heterocycles. The molecule has 0 saturated carbocycles. The molecule has 41 heavy (non-hydrogen) atoms. The smallest absolute Gasteiger partial charge is 0.266 e. The van der Waals surface area contributed by atoms with Gasteiger partial charge in [-0.25, -0.2) is 4.98 Å². The number of hydrogen-bond donors (Lipinski definition) is 0. The lowest BCUT2D eigenvalue weighted by Gasteiger charge is -2.30. The molecule has 208 valence electrons. The number of aromatic nitrogens is 2. The predicted octanol–water partition coefficient (Wildman–Crippen LogP) is 6.81. The van der Waals surface area contributed by atoms with Gasteiger partial charge < -0.3 is 9.64 Å². The molecule has 1 unspecified atom stereocenters. The van der Waals surface area contributed by atoms with Crippen molar-refractivity contribution >= 4 is 28.4 Å². The average Bonchev–Trinajstić information content (AvgIpc) is 3.01. The van der Waals surface area contributed by atoms with E-state index in [-0.39, 0.29) is 18.1 Å². The molecule has 6 nitrogen and oxygen atoms in total. The van der Waals surface area contributed by atoms with E-state index in [4.69, 9.17) is 21.3 Å². The summed E-state index contributed by atoms with van der Waals surface area (Å²) in [6.07, 6.45) is 1.53. The van der Waals surface area contributed by atoms with Gasteiger partial charge in [-0.05, 0) is 79.4 Å². The molecular weight excluding hydrogens is 534 g/mol. The molecule has 5 rings (SSSR count). The molecule has 1 amide bonds. The zero-order chi connectivity index (χ0) is 28.8. The Morgan fingerprint density at radius 2 is 1.59 bits per heavy atom. The van der Waals surface area contributed by atoms with Crippen LogP contribution in [-0.2, 0) is 17.6 Å². The molecule has 5 aromatic rings. The quantitative estimate of drug-likeness (QED) is 0.186. The lowest BCUT2D eigenvalue weighted by atomic mass is 10.1. The third-order valence-electron chi connectivity index (χ3n) is 7.23. The van der Waals surface area contributed by atoms with Crippen molar-refractivity contribution in [3.8, 4) is 11.4 Å². The van der Waals surface area contributed by atoms with E-state index in [1.165, 1.54) is 5.56 Å². The lowest BCUT2D eigenvalue weighted by Crippen LogP contribution is -2.41. The highest BCUT2D eigenvalue weighted by Gasteiger charge is 2.27. The monoisotopic (exact) mass is 565 g/mol. The maximum atomic E-state index is 13.9. The van der Waals surface area contributed by atoms with E-state index in [0.29, 0.717) is 46.2 Å². The SMILES string of the molecule is CCc1ccc(-n2c(C(C)N(CCc3ccccc3)C(=O)COc3ccc(Cl)cc3)nc3ccccc3c2=O)cc1. The molecule has 0 fully saturated rings. The van der Waals surface area contributed by atoms with Gasteiger partial charge in [0.05, 0.1) is 22.6 Å². The Kier molecular flexibility index (Phi) is 8.80. The second-order valence-electron chi connectivity index (χ2n) is 9.89. The summed E-state index contributed by atoms with van der Waals surface area (Å²) in [6, 6.07) is 31.6. The number of carbonyl (C=O) groups excluding carboxylic acids is 1. The summed E-state index contributed by atoms with van der Waals surface area (Å²) < 4.78 is 7.47. The minimum absolute atomic E-state index is 0.163. The number of nitrogens with zero attached hydrogens (tertiary/aromatic N) is 3. The van der Waals surface area contributed by atoms with Crippen LogP contribution in [0.25, 0.3) is 16.6 Å². The highest BCUT2D eigenvalue weighted by Crippen LogP contribution is 2.24. The van der Waals surface area contributed by atoms with Crippen molar-refractivity contribution in [2.75, 3.05) is 13.2 Å². The summed E-state index contributed by atoms with van der Waals surface area (Å²) in [5, 5.41) is 1.12. The van der Waals surface area contributed by atoms with E-state index < -0.39 is 6.04 Å². The fourth-order valence-corrected chi connectivity index (χ4v) is 5.01. The molecule has 0 bridgehead atoms. The zero-order valence-electron chi connectivity index (χ0n) is 23.2. The van der Waals surface area contributed by atoms with E-state index in [1.807, 2.05) is 79.7 Å². The van der Waals surface area contributed by atoms with Crippen LogP contribution in [0.5, 0.6) is 5.75 Å². The first-order valence-electron chi connectivity index (χ1n) is 13.8. The summed E-state index contributed by atoms with van der Waals surface area (Å²) in [7, 11) is 0. The van der Waals surface area contributed by atoms with Crippen LogP contribution in [0.2, 0.25) is 5.02 Å². The highest BCUT2D eigenvalue weighted by atomic mass is 35.5. The van der Waals surface area contributed by atoms with Gasteiger partial charge >= 0.3 is 0 Å². The van der Waals surface area contributed by atoms with E-state index in [0.717, 1.165) is 12.0 Å². The van der Waals surface area contributed by atoms with Crippen molar-refractivity contribution in [1.29, 1.82) is 0 Å². The summed E-state index contributed by atoms with van der Waals surface area (Å²) in [5.41, 5.74) is 3.41. The second-order valence-corrected chi connectivity index (χ2v) is 10.3. The standard InChI is InChI=1S/C34H32ClN3O3/c1-3-25-13-17-28(18-14-25)38-33(36-31-12-8-7-11-30(31)34(38)40)24(2)37(22-21-26-9-5-4-6-10-26)32(39)23-41-29-19-15-27(35)16-20-29/h4-20,24H,3,21-23H2,1-2H3. The molecule has 1 atom stereocenters. The second kappa shape index (κ2) is 12.8. The Morgan fingerprint density at radius 3 is 2.29 bits per heavy atom. The van der Waals surface area contributed by atoms with Gasteiger partial charge in [-0.3, -0.25) is 14.2 Å². The number of para-hydroxylation sites is 1. The van der Waals surface area contributed by atoms with E-state index in [2.05, 4.69) is 6.92 Å². The molecule has 7 heteroatoms. The lowest BCUT2D eigenvalue weighted by molar-refractivity contribution is -0.135. The fourth-order valence-electron chi connectivity index (χ4n) is 4.89. The van der Waals surface area contributed by atoms with Crippen LogP contribution in [0.4, 0.5) is 0 Å². The van der Waals surface area contributed by atoms with Crippen molar-refractivity contribution in [3.05, 3.63) is 135 Å². The van der Waals surface area contributed by atoms with Gasteiger partial charge in [-0.2, -0.15) is 0 Å². The van der Waals surface area contributed by atoms with Crippen molar-refractivity contribution in [2.24, 2.45) is 0 Å². The van der Waals surface area contributed by atoms with Gasteiger partial charge in [0.15, 0.2) is 6.61 Å². The first kappa shape index (κ1) is 28.1. The van der Waals surface area contributed by atoms with Crippen LogP contribution in [0.15, 0.2) is 108 Å². The predicted molar refractivity (Wildman–Crippen MR) is 164 cm³/mol. The van der Waals surface area contributed by atoms with Gasteiger partial charge in [0.25, 0.3) is 11.5 Å². The van der Waals surface area contributed by atoms with Gasteiger partial charge in [0, 0.05) is 11.6 Å². The molecule has 0 aliphatic carbocycles. The molecule has 1 aromatic heterocycles. The number of hydrogen-bond acceptors (Lipinski definition) is 4. The number of ether oxygens (including phenoxy) is 1. The minimum Gasteiger partial charge on any atom is -0.484 e. The first-order valence-corrected chi connectivity index (χ1v) is 14.1. The van der Waals surface area contributed by atoms with Gasteiger partial charge in [-0.15, -0.1) is 0 Å². The van der Waals surface area contributed by atoms with Gasteiger partial charge in [0.2, 0.25) is 0 Å². The number of fused-ring (bicyclic) bond motifs is 1. The molecular formula is C34H32ClN3O3. The number of rotatable bonds is 10. The van der Waals surface area contributed by atoms with Gasteiger partial charge in [-0.1, -0.05) is 73.1 Å². The number of amides is 1. The Morgan fingerprint density at radius 1 is 0.902 bits per heavy atom. The average molecular weight is 566 g/mol. The molecule has 0 radical (unpaired) electrons. The normalized spacial score (nSPS) is 11.8. The van der Waals surface area contributed by atoms with Crippen molar-refractivity contribution in [1.82, 2.24) is 14.5 Å². The van der Waals surface area contributed by atoms with Crippen LogP contribution >= 0.6 is 11.6 Å². The molecule has 4 aromatic carbocycles.